The molecule has 0 fully saturated rings. The number of anilines is 1. The minimum absolute atomic E-state index is 0.144. The van der Waals surface area contributed by atoms with Crippen LogP contribution in [0.25, 0.3) is 0 Å². The third kappa shape index (κ3) is 4.63. The van der Waals surface area contributed by atoms with Crippen molar-refractivity contribution in [3.8, 4) is 0 Å². The van der Waals surface area contributed by atoms with Crippen molar-refractivity contribution in [2.45, 2.75) is 30.9 Å². The summed E-state index contributed by atoms with van der Waals surface area (Å²) >= 11 is 1.36. The van der Waals surface area contributed by atoms with Gasteiger partial charge in [-0.15, -0.1) is 0 Å². The largest absolute Gasteiger partial charge is 0.459 e. The molecule has 0 saturated carbocycles. The number of ether oxygens (including phenoxy) is 1. The highest BCUT2D eigenvalue weighted by molar-refractivity contribution is 7.98. The van der Waals surface area contributed by atoms with Gasteiger partial charge >= 0.3 is 5.97 Å². The predicted octanol–water partition coefficient (Wildman–Crippen LogP) is 2.21. The Balaban J connectivity index is 1.99. The van der Waals surface area contributed by atoms with E-state index in [1.807, 2.05) is 26.0 Å². The van der Waals surface area contributed by atoms with E-state index in [9.17, 15) is 9.59 Å². The molecule has 116 valence electrons. The summed E-state index contributed by atoms with van der Waals surface area (Å²) in [5, 5.41) is 0.466. The van der Waals surface area contributed by atoms with E-state index < -0.39 is 0 Å². The van der Waals surface area contributed by atoms with Crippen LogP contribution in [0.1, 0.15) is 29.8 Å². The number of hydrogen-bond acceptors (Lipinski definition) is 6. The molecule has 0 bridgehead atoms. The molecule has 1 aromatic heterocycles. The molecular weight excluding hydrogens is 302 g/mol. The average molecular weight is 319 g/mol. The summed E-state index contributed by atoms with van der Waals surface area (Å²) in [7, 11) is 0. The van der Waals surface area contributed by atoms with Crippen molar-refractivity contribution in [2.75, 3.05) is 5.73 Å². The number of thioether (sulfide) groups is 1. The van der Waals surface area contributed by atoms with Crippen molar-refractivity contribution < 1.29 is 9.53 Å². The second-order valence-corrected chi connectivity index (χ2v) is 5.88. The zero-order chi connectivity index (χ0) is 16.1. The summed E-state index contributed by atoms with van der Waals surface area (Å²) in [6.07, 6.45) is -0.144. The molecule has 7 heteroatoms. The number of carbonyl (C=O) groups excluding carboxylic acids is 1. The Bertz CT molecular complexity index is 711. The van der Waals surface area contributed by atoms with Crippen molar-refractivity contribution in [3.05, 3.63) is 51.8 Å². The van der Waals surface area contributed by atoms with E-state index in [0.29, 0.717) is 16.5 Å². The van der Waals surface area contributed by atoms with Crippen LogP contribution < -0.4 is 11.3 Å². The van der Waals surface area contributed by atoms with Gasteiger partial charge in [-0.1, -0.05) is 23.9 Å². The third-order valence-corrected chi connectivity index (χ3v) is 3.59. The minimum atomic E-state index is -0.337. The minimum Gasteiger partial charge on any atom is -0.459 e. The van der Waals surface area contributed by atoms with Gasteiger partial charge in [0.2, 0.25) is 0 Å². The fourth-order valence-electron chi connectivity index (χ4n) is 1.69. The van der Waals surface area contributed by atoms with Gasteiger partial charge in [0.1, 0.15) is 5.82 Å². The Hall–Kier alpha value is -2.28. The van der Waals surface area contributed by atoms with Crippen LogP contribution in [0.2, 0.25) is 0 Å². The Morgan fingerprint density at radius 1 is 1.36 bits per heavy atom. The zero-order valence-electron chi connectivity index (χ0n) is 12.3. The number of aromatic nitrogens is 2. The number of esters is 1. The SMILES string of the molecule is CC(C)OC(=O)c1ccc(CSc2nc(N)cc(=O)[nH]2)cc1. The lowest BCUT2D eigenvalue weighted by Gasteiger charge is -2.08. The molecule has 2 rings (SSSR count). The van der Waals surface area contributed by atoms with Crippen LogP contribution in [-0.2, 0) is 10.5 Å². The van der Waals surface area contributed by atoms with Crippen LogP contribution in [0, 0.1) is 0 Å². The molecule has 2 aromatic rings. The number of hydrogen-bond donors (Lipinski definition) is 2. The van der Waals surface area contributed by atoms with Crippen LogP contribution in [0.3, 0.4) is 0 Å². The fourth-order valence-corrected chi connectivity index (χ4v) is 2.53. The maximum absolute atomic E-state index is 11.7. The highest BCUT2D eigenvalue weighted by Crippen LogP contribution is 2.19. The summed E-state index contributed by atoms with van der Waals surface area (Å²) in [5.74, 6) is 0.459. The molecule has 0 aliphatic carbocycles. The topological polar surface area (TPSA) is 98.1 Å². The molecular formula is C15H17N3O3S. The number of nitrogen functional groups attached to an aromatic ring is 1. The molecule has 0 aliphatic heterocycles. The number of benzene rings is 1. The molecule has 0 aliphatic rings. The number of rotatable bonds is 5. The highest BCUT2D eigenvalue weighted by atomic mass is 32.2. The Morgan fingerprint density at radius 2 is 2.05 bits per heavy atom. The lowest BCUT2D eigenvalue weighted by atomic mass is 10.1. The standard InChI is InChI=1S/C15H17N3O3S/c1-9(2)21-14(20)11-5-3-10(4-6-11)8-22-15-17-12(16)7-13(19)18-15/h3-7,9H,8H2,1-2H3,(H3,16,17,18,19). The number of nitrogens with zero attached hydrogens (tertiary/aromatic N) is 1. The van der Waals surface area contributed by atoms with Gasteiger partial charge in [-0.25, -0.2) is 9.78 Å². The van der Waals surface area contributed by atoms with Gasteiger partial charge in [0, 0.05) is 11.8 Å². The number of nitrogens with two attached hydrogens (primary N) is 1. The van der Waals surface area contributed by atoms with E-state index in [1.165, 1.54) is 17.8 Å². The van der Waals surface area contributed by atoms with Crippen LogP contribution in [0.5, 0.6) is 0 Å². The Kier molecular flexibility index (Phi) is 5.21. The number of carbonyl (C=O) groups is 1. The first-order chi connectivity index (χ1) is 10.4. The van der Waals surface area contributed by atoms with E-state index >= 15 is 0 Å². The Labute approximate surface area is 132 Å². The van der Waals surface area contributed by atoms with E-state index in [2.05, 4.69) is 9.97 Å². The highest BCUT2D eigenvalue weighted by Gasteiger charge is 2.09. The number of nitrogens with one attached hydrogen (secondary N) is 1. The second kappa shape index (κ2) is 7.13. The summed E-state index contributed by atoms with van der Waals surface area (Å²) in [4.78, 5) is 29.7. The van der Waals surface area contributed by atoms with Crippen molar-refractivity contribution in [2.24, 2.45) is 0 Å². The average Bonchev–Trinajstić information content (AvgIpc) is 2.44. The van der Waals surface area contributed by atoms with Gasteiger partial charge in [-0.3, -0.25) is 4.79 Å². The van der Waals surface area contributed by atoms with Gasteiger partial charge in [-0.2, -0.15) is 0 Å². The van der Waals surface area contributed by atoms with Crippen molar-refractivity contribution in [1.29, 1.82) is 0 Å². The second-order valence-electron chi connectivity index (χ2n) is 4.92. The third-order valence-electron chi connectivity index (χ3n) is 2.65. The molecule has 0 spiro atoms. The number of H-pyrrole nitrogens is 1. The van der Waals surface area contributed by atoms with Gasteiger partial charge < -0.3 is 15.5 Å². The maximum atomic E-state index is 11.7. The van der Waals surface area contributed by atoms with E-state index in [0.717, 1.165) is 5.56 Å². The first-order valence-corrected chi connectivity index (χ1v) is 7.72. The lowest BCUT2D eigenvalue weighted by Crippen LogP contribution is -2.11. The quantitative estimate of drug-likeness (QED) is 0.498. The monoisotopic (exact) mass is 319 g/mol. The maximum Gasteiger partial charge on any atom is 0.338 e. The van der Waals surface area contributed by atoms with Crippen LogP contribution >= 0.6 is 11.8 Å². The van der Waals surface area contributed by atoms with E-state index in [4.69, 9.17) is 10.5 Å². The van der Waals surface area contributed by atoms with E-state index in [1.54, 1.807) is 12.1 Å². The molecule has 0 unspecified atom stereocenters. The molecule has 0 atom stereocenters. The molecule has 0 amide bonds. The molecule has 6 nitrogen and oxygen atoms in total. The van der Waals surface area contributed by atoms with Gasteiger partial charge in [0.25, 0.3) is 5.56 Å². The summed E-state index contributed by atoms with van der Waals surface area (Å²) in [5.41, 5.74) is 6.76. The molecule has 0 radical (unpaired) electrons. The fraction of sp³-hybridized carbons (Fsp3) is 0.267. The van der Waals surface area contributed by atoms with Gasteiger partial charge in [-0.05, 0) is 31.5 Å². The van der Waals surface area contributed by atoms with Gasteiger partial charge in [0.05, 0.1) is 11.7 Å². The van der Waals surface area contributed by atoms with Crippen LogP contribution in [0.15, 0.2) is 40.3 Å². The molecule has 3 N–H and O–H groups in total. The molecule has 1 heterocycles. The smallest absolute Gasteiger partial charge is 0.338 e. The normalized spacial score (nSPS) is 10.7. The predicted molar refractivity (Wildman–Crippen MR) is 85.8 cm³/mol. The van der Waals surface area contributed by atoms with Crippen LogP contribution in [0.4, 0.5) is 5.82 Å². The number of aromatic amines is 1. The van der Waals surface area contributed by atoms with Crippen LogP contribution in [-0.4, -0.2) is 22.0 Å². The summed E-state index contributed by atoms with van der Waals surface area (Å²) in [6, 6.07) is 8.36. The summed E-state index contributed by atoms with van der Waals surface area (Å²) in [6.45, 7) is 3.62. The molecule has 1 aromatic carbocycles. The van der Waals surface area contributed by atoms with Gasteiger partial charge in [0.15, 0.2) is 5.16 Å². The lowest BCUT2D eigenvalue weighted by molar-refractivity contribution is 0.0378. The van der Waals surface area contributed by atoms with Crippen molar-refractivity contribution >= 4 is 23.5 Å². The van der Waals surface area contributed by atoms with E-state index in [-0.39, 0.29) is 23.5 Å². The molecule has 22 heavy (non-hydrogen) atoms. The Morgan fingerprint density at radius 3 is 2.64 bits per heavy atom. The first kappa shape index (κ1) is 16.1. The van der Waals surface area contributed by atoms with Crippen molar-refractivity contribution in [3.63, 3.8) is 0 Å². The summed E-state index contributed by atoms with van der Waals surface area (Å²) < 4.78 is 5.12. The van der Waals surface area contributed by atoms with Crippen molar-refractivity contribution in [1.82, 2.24) is 9.97 Å². The first-order valence-electron chi connectivity index (χ1n) is 6.73. The zero-order valence-corrected chi connectivity index (χ0v) is 13.1. The molecule has 0 saturated heterocycles.